The Morgan fingerprint density at radius 3 is 2.40 bits per heavy atom. The summed E-state index contributed by atoms with van der Waals surface area (Å²) in [6.07, 6.45) is 1.42. The fourth-order valence-electron chi connectivity index (χ4n) is 2.03. The number of hydrogen-bond acceptors (Lipinski definition) is 2. The Morgan fingerprint density at radius 2 is 1.90 bits per heavy atom. The Balaban J connectivity index is 2.71. The highest BCUT2D eigenvalue weighted by molar-refractivity contribution is 9.10. The molecule has 0 radical (unpaired) electrons. The van der Waals surface area contributed by atoms with E-state index < -0.39 is 0 Å². The zero-order chi connectivity index (χ0) is 15.2. The summed E-state index contributed by atoms with van der Waals surface area (Å²) in [7, 11) is 0. The van der Waals surface area contributed by atoms with E-state index in [2.05, 4.69) is 36.7 Å². The summed E-state index contributed by atoms with van der Waals surface area (Å²) in [5, 5.41) is 0. The third kappa shape index (κ3) is 5.63. The minimum absolute atomic E-state index is 0.0372. The lowest BCUT2D eigenvalue weighted by Crippen LogP contribution is -2.43. The highest BCUT2D eigenvalue weighted by atomic mass is 79.9. The molecule has 1 amide bonds. The Morgan fingerprint density at radius 1 is 1.30 bits per heavy atom. The number of carbonyl (C=O) groups is 1. The van der Waals surface area contributed by atoms with Crippen LogP contribution >= 0.6 is 15.9 Å². The molecule has 0 aromatic heterocycles. The van der Waals surface area contributed by atoms with E-state index in [-0.39, 0.29) is 11.3 Å². The Labute approximate surface area is 130 Å². The molecular formula is C16H25BrN2O. The van der Waals surface area contributed by atoms with E-state index in [0.29, 0.717) is 19.5 Å². The molecule has 0 atom stereocenters. The van der Waals surface area contributed by atoms with Crippen molar-refractivity contribution in [1.29, 1.82) is 0 Å². The van der Waals surface area contributed by atoms with Gasteiger partial charge in [-0.25, -0.2) is 0 Å². The maximum absolute atomic E-state index is 12.5. The third-order valence-electron chi connectivity index (χ3n) is 3.29. The van der Waals surface area contributed by atoms with Gasteiger partial charge in [-0.15, -0.1) is 0 Å². The summed E-state index contributed by atoms with van der Waals surface area (Å²) in [5.74, 6) is 0.177. The minimum atomic E-state index is -0.0372. The Kier molecular flexibility index (Phi) is 6.69. The monoisotopic (exact) mass is 340 g/mol. The Hall–Kier alpha value is -0.870. The highest BCUT2D eigenvalue weighted by Gasteiger charge is 2.23. The van der Waals surface area contributed by atoms with E-state index in [0.717, 1.165) is 23.0 Å². The van der Waals surface area contributed by atoms with Crippen LogP contribution in [0.3, 0.4) is 0 Å². The van der Waals surface area contributed by atoms with Crippen LogP contribution in [0.4, 0.5) is 0 Å². The van der Waals surface area contributed by atoms with Crippen LogP contribution < -0.4 is 5.73 Å². The number of nitrogens with zero attached hydrogens (tertiary/aromatic N) is 1. The lowest BCUT2D eigenvalue weighted by Gasteiger charge is -2.32. The van der Waals surface area contributed by atoms with Gasteiger partial charge >= 0.3 is 0 Å². The number of halogens is 1. The molecule has 0 saturated carbocycles. The molecule has 1 aromatic rings. The number of hydrogen-bond donors (Lipinski definition) is 1. The molecule has 0 spiro atoms. The van der Waals surface area contributed by atoms with Crippen molar-refractivity contribution in [3.05, 3.63) is 34.3 Å². The van der Waals surface area contributed by atoms with Crippen LogP contribution in [0.5, 0.6) is 0 Å². The van der Waals surface area contributed by atoms with Gasteiger partial charge in [-0.05, 0) is 36.1 Å². The zero-order valence-corrected chi connectivity index (χ0v) is 14.2. The number of nitrogens with two attached hydrogens (primary N) is 1. The fraction of sp³-hybridized carbons (Fsp3) is 0.562. The van der Waals surface area contributed by atoms with Gasteiger partial charge in [-0.2, -0.15) is 0 Å². The second-order valence-corrected chi connectivity index (χ2v) is 6.90. The van der Waals surface area contributed by atoms with E-state index in [4.69, 9.17) is 5.73 Å². The quantitative estimate of drug-likeness (QED) is 0.828. The van der Waals surface area contributed by atoms with Crippen molar-refractivity contribution in [2.45, 2.75) is 33.6 Å². The second kappa shape index (κ2) is 7.79. The van der Waals surface area contributed by atoms with Crippen molar-refractivity contribution >= 4 is 21.8 Å². The SMILES string of the molecule is CCCN(CC(C)(C)CN)C(=O)Cc1ccc(Br)cc1. The molecule has 20 heavy (non-hydrogen) atoms. The van der Waals surface area contributed by atoms with Gasteiger partial charge in [0.05, 0.1) is 6.42 Å². The van der Waals surface area contributed by atoms with Gasteiger partial charge in [-0.3, -0.25) is 4.79 Å². The van der Waals surface area contributed by atoms with E-state index in [1.165, 1.54) is 0 Å². The van der Waals surface area contributed by atoms with Crippen molar-refractivity contribution in [1.82, 2.24) is 4.90 Å². The van der Waals surface area contributed by atoms with Crippen LogP contribution in [-0.4, -0.2) is 30.4 Å². The Bertz CT molecular complexity index is 429. The standard InChI is InChI=1S/C16H25BrN2O/c1-4-9-19(12-16(2,3)11-18)15(20)10-13-5-7-14(17)8-6-13/h5-8H,4,9-12,18H2,1-3H3. The molecule has 3 nitrogen and oxygen atoms in total. The van der Waals surface area contributed by atoms with E-state index in [9.17, 15) is 4.79 Å². The maximum Gasteiger partial charge on any atom is 0.227 e. The predicted octanol–water partition coefficient (Wildman–Crippen LogP) is 3.22. The van der Waals surface area contributed by atoms with E-state index in [1.807, 2.05) is 29.2 Å². The van der Waals surface area contributed by atoms with Crippen molar-refractivity contribution in [3.8, 4) is 0 Å². The van der Waals surface area contributed by atoms with Crippen molar-refractivity contribution in [2.24, 2.45) is 11.1 Å². The summed E-state index contributed by atoms with van der Waals surface area (Å²) in [4.78, 5) is 14.4. The van der Waals surface area contributed by atoms with Gasteiger partial charge in [0.1, 0.15) is 0 Å². The number of amides is 1. The summed E-state index contributed by atoms with van der Waals surface area (Å²) < 4.78 is 1.03. The smallest absolute Gasteiger partial charge is 0.227 e. The minimum Gasteiger partial charge on any atom is -0.342 e. The van der Waals surface area contributed by atoms with Gasteiger partial charge in [0, 0.05) is 17.6 Å². The highest BCUT2D eigenvalue weighted by Crippen LogP contribution is 2.17. The van der Waals surface area contributed by atoms with Gasteiger partial charge in [-0.1, -0.05) is 48.8 Å². The first kappa shape index (κ1) is 17.2. The van der Waals surface area contributed by atoms with Gasteiger partial charge in [0.2, 0.25) is 5.91 Å². The molecule has 0 heterocycles. The first-order valence-electron chi connectivity index (χ1n) is 7.10. The lowest BCUT2D eigenvalue weighted by atomic mass is 9.92. The topological polar surface area (TPSA) is 46.3 Å². The van der Waals surface area contributed by atoms with E-state index >= 15 is 0 Å². The van der Waals surface area contributed by atoms with Crippen LogP contribution in [0.15, 0.2) is 28.7 Å². The first-order chi connectivity index (χ1) is 9.38. The molecule has 1 aromatic carbocycles. The predicted molar refractivity (Wildman–Crippen MR) is 87.6 cm³/mol. The molecule has 0 aliphatic rings. The van der Waals surface area contributed by atoms with Crippen LogP contribution in [0, 0.1) is 5.41 Å². The summed E-state index contributed by atoms with van der Waals surface area (Å²) in [6, 6.07) is 7.91. The lowest BCUT2D eigenvalue weighted by molar-refractivity contribution is -0.131. The van der Waals surface area contributed by atoms with Crippen molar-refractivity contribution in [2.75, 3.05) is 19.6 Å². The summed E-state index contributed by atoms with van der Waals surface area (Å²) in [5.41, 5.74) is 6.79. The molecule has 1 rings (SSSR count). The van der Waals surface area contributed by atoms with Crippen LogP contribution in [-0.2, 0) is 11.2 Å². The molecule has 2 N–H and O–H groups in total. The summed E-state index contributed by atoms with van der Waals surface area (Å²) in [6.45, 7) is 8.38. The summed E-state index contributed by atoms with van der Waals surface area (Å²) >= 11 is 3.41. The number of benzene rings is 1. The molecule has 4 heteroatoms. The van der Waals surface area contributed by atoms with Crippen LogP contribution in [0.25, 0.3) is 0 Å². The van der Waals surface area contributed by atoms with E-state index in [1.54, 1.807) is 0 Å². The normalized spacial score (nSPS) is 11.4. The number of carbonyl (C=O) groups excluding carboxylic acids is 1. The average Bonchev–Trinajstić information content (AvgIpc) is 2.40. The average molecular weight is 341 g/mol. The molecule has 112 valence electrons. The number of rotatable bonds is 7. The zero-order valence-electron chi connectivity index (χ0n) is 12.7. The van der Waals surface area contributed by atoms with Crippen LogP contribution in [0.2, 0.25) is 0 Å². The molecule has 0 fully saturated rings. The molecule has 0 aliphatic heterocycles. The van der Waals surface area contributed by atoms with Crippen LogP contribution in [0.1, 0.15) is 32.8 Å². The molecular weight excluding hydrogens is 316 g/mol. The molecule has 0 aliphatic carbocycles. The molecule has 0 unspecified atom stereocenters. The largest absolute Gasteiger partial charge is 0.342 e. The van der Waals surface area contributed by atoms with Gasteiger partial charge in [0.15, 0.2) is 0 Å². The third-order valence-corrected chi connectivity index (χ3v) is 3.81. The molecule has 0 saturated heterocycles. The first-order valence-corrected chi connectivity index (χ1v) is 7.89. The molecule has 0 bridgehead atoms. The maximum atomic E-state index is 12.5. The van der Waals surface area contributed by atoms with Crippen molar-refractivity contribution in [3.63, 3.8) is 0 Å². The van der Waals surface area contributed by atoms with Gasteiger partial charge < -0.3 is 10.6 Å². The fourth-order valence-corrected chi connectivity index (χ4v) is 2.30. The van der Waals surface area contributed by atoms with Gasteiger partial charge in [0.25, 0.3) is 0 Å². The second-order valence-electron chi connectivity index (χ2n) is 5.99. The van der Waals surface area contributed by atoms with Crippen molar-refractivity contribution < 1.29 is 4.79 Å².